The minimum atomic E-state index is -1.42. The van der Waals surface area contributed by atoms with Gasteiger partial charge < -0.3 is 4.74 Å². The van der Waals surface area contributed by atoms with Crippen molar-refractivity contribution in [3.63, 3.8) is 0 Å². The Bertz CT molecular complexity index is 302. The van der Waals surface area contributed by atoms with E-state index in [1.165, 1.54) is 38.5 Å². The van der Waals surface area contributed by atoms with Crippen molar-refractivity contribution >= 4 is 0 Å². The van der Waals surface area contributed by atoms with Gasteiger partial charge in [-0.15, -0.1) is 0 Å². The molecule has 0 saturated heterocycles. The van der Waals surface area contributed by atoms with Gasteiger partial charge in [0.2, 0.25) is 0 Å². The van der Waals surface area contributed by atoms with E-state index in [1.54, 1.807) is 0 Å². The van der Waals surface area contributed by atoms with Gasteiger partial charge in [-0.25, -0.2) is 8.78 Å². The Kier molecular flexibility index (Phi) is 7.59. The van der Waals surface area contributed by atoms with Crippen LogP contribution in [0.1, 0.15) is 78.1 Å². The summed E-state index contributed by atoms with van der Waals surface area (Å²) in [5.41, 5.74) is 0. The van der Waals surface area contributed by atoms with Crippen molar-refractivity contribution in [3.8, 4) is 0 Å². The molecule has 0 aliphatic heterocycles. The van der Waals surface area contributed by atoms with E-state index in [9.17, 15) is 8.78 Å². The molecule has 0 aromatic carbocycles. The standard InChI is InChI=1S/C19H34F2O/c1-3-5-6-7-14-8-10-15(11-9-14)16-12-13-17(22-4-2)19(21)18(16)20/h14-19H,3-13H2,1-2H3. The molecular weight excluding hydrogens is 282 g/mol. The molecule has 2 rings (SSSR count). The fourth-order valence-electron chi connectivity index (χ4n) is 4.59. The van der Waals surface area contributed by atoms with Crippen LogP contribution >= 0.6 is 0 Å². The minimum absolute atomic E-state index is 0.0664. The Morgan fingerprint density at radius 2 is 1.59 bits per heavy atom. The maximum absolute atomic E-state index is 14.5. The van der Waals surface area contributed by atoms with Crippen LogP contribution in [0.2, 0.25) is 0 Å². The van der Waals surface area contributed by atoms with Crippen LogP contribution < -0.4 is 0 Å². The second-order valence-corrected chi connectivity index (χ2v) is 7.40. The molecule has 22 heavy (non-hydrogen) atoms. The first-order chi connectivity index (χ1) is 10.7. The highest BCUT2D eigenvalue weighted by atomic mass is 19.2. The van der Waals surface area contributed by atoms with Crippen LogP contribution in [0.15, 0.2) is 0 Å². The van der Waals surface area contributed by atoms with Gasteiger partial charge in [0.1, 0.15) is 6.17 Å². The lowest BCUT2D eigenvalue weighted by Crippen LogP contribution is -2.45. The maximum atomic E-state index is 14.5. The fourth-order valence-corrected chi connectivity index (χ4v) is 4.59. The SMILES string of the molecule is CCCCCC1CCC(C2CCC(OCC)C(F)C2F)CC1. The molecule has 130 valence electrons. The highest BCUT2D eigenvalue weighted by Crippen LogP contribution is 2.43. The second kappa shape index (κ2) is 9.20. The Labute approximate surface area is 135 Å². The van der Waals surface area contributed by atoms with Gasteiger partial charge >= 0.3 is 0 Å². The van der Waals surface area contributed by atoms with E-state index in [0.29, 0.717) is 18.9 Å². The van der Waals surface area contributed by atoms with Crippen molar-refractivity contribution < 1.29 is 13.5 Å². The predicted molar refractivity (Wildman–Crippen MR) is 87.5 cm³/mol. The van der Waals surface area contributed by atoms with Gasteiger partial charge in [-0.05, 0) is 50.4 Å². The first-order valence-electron chi connectivity index (χ1n) is 9.57. The Morgan fingerprint density at radius 3 is 2.23 bits per heavy atom. The largest absolute Gasteiger partial charge is 0.375 e. The van der Waals surface area contributed by atoms with Crippen molar-refractivity contribution in [1.82, 2.24) is 0 Å². The number of hydrogen-bond acceptors (Lipinski definition) is 1. The summed E-state index contributed by atoms with van der Waals surface area (Å²) in [6.07, 6.45) is 8.20. The fraction of sp³-hybridized carbons (Fsp3) is 1.00. The summed E-state index contributed by atoms with van der Waals surface area (Å²) in [5, 5.41) is 0. The minimum Gasteiger partial charge on any atom is -0.375 e. The number of alkyl halides is 2. The molecule has 1 nitrogen and oxygen atoms in total. The third-order valence-corrected chi connectivity index (χ3v) is 5.95. The van der Waals surface area contributed by atoms with E-state index in [0.717, 1.165) is 25.2 Å². The molecule has 3 heteroatoms. The zero-order chi connectivity index (χ0) is 15.9. The summed E-state index contributed by atoms with van der Waals surface area (Å²) in [7, 11) is 0. The molecule has 0 N–H and O–H groups in total. The molecule has 2 saturated carbocycles. The smallest absolute Gasteiger partial charge is 0.157 e. The van der Waals surface area contributed by atoms with E-state index in [4.69, 9.17) is 4.74 Å². The zero-order valence-electron chi connectivity index (χ0n) is 14.4. The van der Waals surface area contributed by atoms with E-state index in [2.05, 4.69) is 6.92 Å². The highest BCUT2D eigenvalue weighted by molar-refractivity contribution is 4.93. The van der Waals surface area contributed by atoms with E-state index >= 15 is 0 Å². The highest BCUT2D eigenvalue weighted by Gasteiger charge is 2.44. The summed E-state index contributed by atoms with van der Waals surface area (Å²) < 4.78 is 34.1. The predicted octanol–water partition coefficient (Wildman–Crippen LogP) is 5.86. The van der Waals surface area contributed by atoms with Gasteiger partial charge in [-0.1, -0.05) is 45.4 Å². The van der Waals surface area contributed by atoms with Crippen LogP contribution in [-0.4, -0.2) is 25.1 Å². The average molecular weight is 316 g/mol. The lowest BCUT2D eigenvalue weighted by Gasteiger charge is -2.41. The maximum Gasteiger partial charge on any atom is 0.157 e. The Hall–Kier alpha value is -0.180. The van der Waals surface area contributed by atoms with E-state index < -0.39 is 18.4 Å². The summed E-state index contributed by atoms with van der Waals surface area (Å²) in [5.74, 6) is 1.17. The summed E-state index contributed by atoms with van der Waals surface area (Å²) in [6.45, 7) is 4.57. The molecule has 0 amide bonds. The van der Waals surface area contributed by atoms with Crippen molar-refractivity contribution in [3.05, 3.63) is 0 Å². The van der Waals surface area contributed by atoms with Crippen molar-refractivity contribution in [2.24, 2.45) is 17.8 Å². The topological polar surface area (TPSA) is 9.23 Å². The number of unbranched alkanes of at least 4 members (excludes halogenated alkanes) is 2. The molecule has 4 atom stereocenters. The average Bonchev–Trinajstić information content (AvgIpc) is 2.53. The van der Waals surface area contributed by atoms with Gasteiger partial charge in [0.15, 0.2) is 6.17 Å². The number of hydrogen-bond donors (Lipinski definition) is 0. The van der Waals surface area contributed by atoms with Crippen LogP contribution in [-0.2, 0) is 4.74 Å². The Morgan fingerprint density at radius 1 is 0.864 bits per heavy atom. The van der Waals surface area contributed by atoms with Crippen LogP contribution in [0, 0.1) is 17.8 Å². The van der Waals surface area contributed by atoms with Gasteiger partial charge in [0.25, 0.3) is 0 Å². The molecule has 4 unspecified atom stereocenters. The molecular formula is C19H34F2O. The van der Waals surface area contributed by atoms with Gasteiger partial charge in [0, 0.05) is 6.61 Å². The van der Waals surface area contributed by atoms with Gasteiger partial charge in [-0.2, -0.15) is 0 Å². The number of rotatable bonds is 7. The molecule has 0 aromatic heterocycles. The molecule has 2 aliphatic rings. The van der Waals surface area contributed by atoms with Gasteiger partial charge in [0.05, 0.1) is 6.10 Å². The zero-order valence-corrected chi connectivity index (χ0v) is 14.4. The lowest BCUT2D eigenvalue weighted by molar-refractivity contribution is -0.0845. The summed E-state index contributed by atoms with van der Waals surface area (Å²) in [6, 6.07) is 0. The first kappa shape index (κ1) is 18.2. The first-order valence-corrected chi connectivity index (χ1v) is 9.57. The molecule has 0 spiro atoms. The molecule has 0 radical (unpaired) electrons. The van der Waals surface area contributed by atoms with Crippen LogP contribution in [0.4, 0.5) is 8.78 Å². The number of ether oxygens (including phenoxy) is 1. The second-order valence-electron chi connectivity index (χ2n) is 7.40. The molecule has 0 heterocycles. The quantitative estimate of drug-likeness (QED) is 0.534. The third-order valence-electron chi connectivity index (χ3n) is 5.95. The van der Waals surface area contributed by atoms with Crippen molar-refractivity contribution in [2.45, 2.75) is 96.5 Å². The van der Waals surface area contributed by atoms with Crippen molar-refractivity contribution in [1.29, 1.82) is 0 Å². The third kappa shape index (κ3) is 4.66. The van der Waals surface area contributed by atoms with Crippen molar-refractivity contribution in [2.75, 3.05) is 6.61 Å². The summed E-state index contributed by atoms with van der Waals surface area (Å²) in [4.78, 5) is 0. The molecule has 0 bridgehead atoms. The molecule has 2 aliphatic carbocycles. The van der Waals surface area contributed by atoms with Crippen LogP contribution in [0.3, 0.4) is 0 Å². The van der Waals surface area contributed by atoms with E-state index in [-0.39, 0.29) is 5.92 Å². The summed E-state index contributed by atoms with van der Waals surface area (Å²) >= 11 is 0. The van der Waals surface area contributed by atoms with Gasteiger partial charge in [-0.3, -0.25) is 0 Å². The number of halogens is 2. The van der Waals surface area contributed by atoms with Crippen LogP contribution in [0.25, 0.3) is 0 Å². The molecule has 2 fully saturated rings. The van der Waals surface area contributed by atoms with E-state index in [1.807, 2.05) is 6.92 Å². The van der Waals surface area contributed by atoms with Crippen LogP contribution in [0.5, 0.6) is 0 Å². The Balaban J connectivity index is 1.77. The molecule has 0 aromatic rings. The monoisotopic (exact) mass is 316 g/mol. The lowest BCUT2D eigenvalue weighted by atomic mass is 9.69. The normalized spacial score (nSPS) is 39.8.